The van der Waals surface area contributed by atoms with E-state index in [4.69, 9.17) is 0 Å². The van der Waals surface area contributed by atoms with Gasteiger partial charge < -0.3 is 10.6 Å². The van der Waals surface area contributed by atoms with Crippen molar-refractivity contribution in [2.45, 2.75) is 25.7 Å². The molecule has 17 heavy (non-hydrogen) atoms. The van der Waals surface area contributed by atoms with E-state index in [1.54, 1.807) is 0 Å². The van der Waals surface area contributed by atoms with Crippen LogP contribution in [-0.2, 0) is 0 Å². The molecule has 1 aliphatic carbocycles. The molecule has 0 radical (unpaired) electrons. The summed E-state index contributed by atoms with van der Waals surface area (Å²) in [4.78, 5) is 12.0. The summed E-state index contributed by atoms with van der Waals surface area (Å²) in [5.41, 5.74) is 1.61. The predicted octanol–water partition coefficient (Wildman–Crippen LogP) is 2.65. The first-order valence-electron chi connectivity index (χ1n) is 6.36. The number of amides is 1. The number of nitrogens with one attached hydrogen (secondary N) is 2. The smallest absolute Gasteiger partial charge is 0.253 e. The number of hydrogen-bond donors (Lipinski definition) is 2. The third-order valence-corrected chi connectivity index (χ3v) is 3.50. The number of benzene rings is 1. The predicted molar refractivity (Wildman–Crippen MR) is 70.3 cm³/mol. The highest BCUT2D eigenvalue weighted by Crippen LogP contribution is 2.28. The van der Waals surface area contributed by atoms with Crippen molar-refractivity contribution in [1.29, 1.82) is 0 Å². The van der Waals surface area contributed by atoms with Gasteiger partial charge in [-0.1, -0.05) is 31.4 Å². The third-order valence-electron chi connectivity index (χ3n) is 3.50. The standard InChI is InChI=1S/C14H20N2O/c1-15-13-8-3-2-7-12(13)14(17)16-10-9-11-5-4-6-11/h2-3,7-8,11,15H,4-6,9-10H2,1H3,(H,16,17). The lowest BCUT2D eigenvalue weighted by molar-refractivity contribution is 0.0950. The second-order valence-electron chi connectivity index (χ2n) is 4.64. The molecule has 0 heterocycles. The van der Waals surface area contributed by atoms with Crippen molar-refractivity contribution in [3.63, 3.8) is 0 Å². The van der Waals surface area contributed by atoms with Crippen LogP contribution in [0.4, 0.5) is 5.69 Å². The van der Waals surface area contributed by atoms with Crippen molar-refractivity contribution in [3.05, 3.63) is 29.8 Å². The third kappa shape index (κ3) is 2.99. The van der Waals surface area contributed by atoms with Crippen LogP contribution in [0.3, 0.4) is 0 Å². The van der Waals surface area contributed by atoms with Gasteiger partial charge in [-0.2, -0.15) is 0 Å². The maximum Gasteiger partial charge on any atom is 0.253 e. The number of rotatable bonds is 5. The van der Waals surface area contributed by atoms with E-state index < -0.39 is 0 Å². The first kappa shape index (κ1) is 12.0. The normalized spacial score (nSPS) is 15.1. The largest absolute Gasteiger partial charge is 0.387 e. The van der Waals surface area contributed by atoms with Gasteiger partial charge >= 0.3 is 0 Å². The monoisotopic (exact) mass is 232 g/mol. The number of para-hydroxylation sites is 1. The molecular formula is C14H20N2O. The fourth-order valence-electron chi connectivity index (χ4n) is 2.17. The van der Waals surface area contributed by atoms with Crippen LogP contribution in [0.2, 0.25) is 0 Å². The van der Waals surface area contributed by atoms with Gasteiger partial charge in [-0.15, -0.1) is 0 Å². The summed E-state index contributed by atoms with van der Waals surface area (Å²) in [5, 5.41) is 6.03. The molecule has 3 nitrogen and oxygen atoms in total. The van der Waals surface area contributed by atoms with E-state index in [1.165, 1.54) is 19.3 Å². The van der Waals surface area contributed by atoms with E-state index in [0.717, 1.165) is 30.1 Å². The average molecular weight is 232 g/mol. The average Bonchev–Trinajstić information content (AvgIpc) is 2.32. The Morgan fingerprint density at radius 2 is 2.12 bits per heavy atom. The first-order chi connectivity index (χ1) is 8.31. The SMILES string of the molecule is CNc1ccccc1C(=O)NCCC1CCC1. The van der Waals surface area contributed by atoms with Crippen LogP contribution in [0.15, 0.2) is 24.3 Å². The van der Waals surface area contributed by atoms with E-state index in [0.29, 0.717) is 0 Å². The van der Waals surface area contributed by atoms with Gasteiger partial charge in [0.25, 0.3) is 5.91 Å². The molecule has 1 amide bonds. The summed E-state index contributed by atoms with van der Waals surface area (Å²) in [7, 11) is 1.83. The zero-order chi connectivity index (χ0) is 12.1. The maximum absolute atomic E-state index is 12.0. The van der Waals surface area contributed by atoms with Crippen molar-refractivity contribution >= 4 is 11.6 Å². The molecular weight excluding hydrogens is 212 g/mol. The molecule has 2 N–H and O–H groups in total. The molecule has 3 heteroatoms. The first-order valence-corrected chi connectivity index (χ1v) is 6.36. The van der Waals surface area contributed by atoms with Crippen LogP contribution in [0.25, 0.3) is 0 Å². The van der Waals surface area contributed by atoms with Crippen molar-refractivity contribution < 1.29 is 4.79 Å². The fourth-order valence-corrected chi connectivity index (χ4v) is 2.17. The van der Waals surface area contributed by atoms with Gasteiger partial charge in [-0.05, 0) is 24.5 Å². The Morgan fingerprint density at radius 1 is 1.35 bits per heavy atom. The summed E-state index contributed by atoms with van der Waals surface area (Å²) >= 11 is 0. The summed E-state index contributed by atoms with van der Waals surface area (Å²) in [6.45, 7) is 0.793. The summed E-state index contributed by atoms with van der Waals surface area (Å²) in [6, 6.07) is 7.59. The van der Waals surface area contributed by atoms with E-state index >= 15 is 0 Å². The lowest BCUT2D eigenvalue weighted by Gasteiger charge is -2.25. The Morgan fingerprint density at radius 3 is 2.76 bits per heavy atom. The van der Waals surface area contributed by atoms with Crippen LogP contribution >= 0.6 is 0 Å². The topological polar surface area (TPSA) is 41.1 Å². The molecule has 0 saturated heterocycles. The molecule has 0 unspecified atom stereocenters. The van der Waals surface area contributed by atoms with Gasteiger partial charge in [-0.25, -0.2) is 0 Å². The van der Waals surface area contributed by atoms with Crippen LogP contribution in [-0.4, -0.2) is 19.5 Å². The van der Waals surface area contributed by atoms with Gasteiger partial charge in [-0.3, -0.25) is 4.79 Å². The lowest BCUT2D eigenvalue weighted by atomic mass is 9.83. The van der Waals surface area contributed by atoms with Crippen molar-refractivity contribution in [2.24, 2.45) is 5.92 Å². The van der Waals surface area contributed by atoms with Gasteiger partial charge in [0.2, 0.25) is 0 Å². The van der Waals surface area contributed by atoms with Crippen LogP contribution in [0.1, 0.15) is 36.0 Å². The quantitative estimate of drug-likeness (QED) is 0.819. The molecule has 1 aromatic rings. The Hall–Kier alpha value is -1.51. The summed E-state index contributed by atoms with van der Waals surface area (Å²) in [5.74, 6) is 0.865. The van der Waals surface area contributed by atoms with Gasteiger partial charge in [0.15, 0.2) is 0 Å². The molecule has 0 bridgehead atoms. The molecule has 92 valence electrons. The molecule has 0 spiro atoms. The number of carbonyl (C=O) groups is 1. The molecule has 0 atom stereocenters. The molecule has 1 aliphatic rings. The van der Waals surface area contributed by atoms with Gasteiger partial charge in [0, 0.05) is 19.3 Å². The minimum absolute atomic E-state index is 0.0225. The maximum atomic E-state index is 12.0. The van der Waals surface area contributed by atoms with Crippen LogP contribution in [0.5, 0.6) is 0 Å². The van der Waals surface area contributed by atoms with Gasteiger partial charge in [0.1, 0.15) is 0 Å². The number of carbonyl (C=O) groups excluding carboxylic acids is 1. The molecule has 1 aromatic carbocycles. The minimum atomic E-state index is 0.0225. The Balaban J connectivity index is 1.85. The van der Waals surface area contributed by atoms with Crippen molar-refractivity contribution in [1.82, 2.24) is 5.32 Å². The van der Waals surface area contributed by atoms with E-state index in [9.17, 15) is 4.79 Å². The van der Waals surface area contributed by atoms with Crippen molar-refractivity contribution in [2.75, 3.05) is 18.9 Å². The molecule has 0 aromatic heterocycles. The highest BCUT2D eigenvalue weighted by atomic mass is 16.1. The van der Waals surface area contributed by atoms with Crippen LogP contribution in [0, 0.1) is 5.92 Å². The molecule has 0 aliphatic heterocycles. The van der Waals surface area contributed by atoms with Crippen LogP contribution < -0.4 is 10.6 Å². The highest BCUT2D eigenvalue weighted by molar-refractivity contribution is 5.99. The summed E-state index contributed by atoms with van der Waals surface area (Å²) in [6.07, 6.45) is 5.15. The fraction of sp³-hybridized carbons (Fsp3) is 0.500. The highest BCUT2D eigenvalue weighted by Gasteiger charge is 2.17. The zero-order valence-corrected chi connectivity index (χ0v) is 10.3. The zero-order valence-electron chi connectivity index (χ0n) is 10.3. The summed E-state index contributed by atoms with van der Waals surface area (Å²) < 4.78 is 0. The molecule has 1 saturated carbocycles. The van der Waals surface area contributed by atoms with E-state index in [-0.39, 0.29) is 5.91 Å². The van der Waals surface area contributed by atoms with E-state index in [2.05, 4.69) is 10.6 Å². The minimum Gasteiger partial charge on any atom is -0.387 e. The molecule has 2 rings (SSSR count). The number of hydrogen-bond acceptors (Lipinski definition) is 2. The Kier molecular flexibility index (Phi) is 4.02. The van der Waals surface area contributed by atoms with E-state index in [1.807, 2.05) is 31.3 Å². The number of anilines is 1. The Labute approximate surface area is 103 Å². The second kappa shape index (κ2) is 5.71. The van der Waals surface area contributed by atoms with Gasteiger partial charge in [0.05, 0.1) is 5.56 Å². The molecule has 1 fully saturated rings. The Bertz CT molecular complexity index is 386. The lowest BCUT2D eigenvalue weighted by Crippen LogP contribution is -2.27. The van der Waals surface area contributed by atoms with Crippen molar-refractivity contribution in [3.8, 4) is 0 Å². The second-order valence-corrected chi connectivity index (χ2v) is 4.64.